The minimum Gasteiger partial charge on any atom is -0.480 e. The fourth-order valence-electron chi connectivity index (χ4n) is 3.75. The number of benzene rings is 2. The lowest BCUT2D eigenvalue weighted by atomic mass is 10.1. The molecule has 2 unspecified atom stereocenters. The molecule has 4 atom stereocenters. The number of carboxylic acids is 1. The average molecular weight is 430 g/mol. The van der Waals surface area contributed by atoms with E-state index in [2.05, 4.69) is 0 Å². The SMILES string of the molecule is Cc1ccc(S(=O)(=O)N(C(=O)[C@@H]2CCC3ON32)[C@@H](Cc2ccccc2)C(=O)O)cc1. The Morgan fingerprint density at radius 1 is 1.13 bits per heavy atom. The van der Waals surface area contributed by atoms with Crippen molar-refractivity contribution in [2.75, 3.05) is 0 Å². The van der Waals surface area contributed by atoms with Crippen LogP contribution in [0.15, 0.2) is 59.5 Å². The van der Waals surface area contributed by atoms with Gasteiger partial charge in [0.1, 0.15) is 12.1 Å². The van der Waals surface area contributed by atoms with Crippen LogP contribution < -0.4 is 0 Å². The van der Waals surface area contributed by atoms with Crippen LogP contribution in [-0.2, 0) is 30.9 Å². The average Bonchev–Trinajstić information content (AvgIpc) is 3.37. The van der Waals surface area contributed by atoms with Crippen LogP contribution in [0.2, 0.25) is 0 Å². The number of fused-ring (bicyclic) bond motifs is 1. The van der Waals surface area contributed by atoms with E-state index in [1.54, 1.807) is 42.5 Å². The third-order valence-electron chi connectivity index (χ3n) is 5.40. The normalized spacial score (nSPS) is 23.4. The summed E-state index contributed by atoms with van der Waals surface area (Å²) >= 11 is 0. The molecule has 2 saturated heterocycles. The first-order valence-corrected chi connectivity index (χ1v) is 11.1. The predicted octanol–water partition coefficient (Wildman–Crippen LogP) is 1.94. The first kappa shape index (κ1) is 20.5. The van der Waals surface area contributed by atoms with Crippen LogP contribution in [-0.4, -0.2) is 53.1 Å². The molecule has 1 N–H and O–H groups in total. The van der Waals surface area contributed by atoms with Crippen molar-refractivity contribution in [2.45, 2.75) is 49.4 Å². The summed E-state index contributed by atoms with van der Waals surface area (Å²) < 4.78 is 27.5. The van der Waals surface area contributed by atoms with Crippen molar-refractivity contribution >= 4 is 21.9 Å². The molecule has 0 saturated carbocycles. The Bertz CT molecular complexity index is 1050. The second-order valence-corrected chi connectivity index (χ2v) is 9.32. The van der Waals surface area contributed by atoms with E-state index in [4.69, 9.17) is 4.84 Å². The molecular weight excluding hydrogens is 408 g/mol. The standard InChI is InChI=1S/C21H22N2O6S/c1-14-7-9-16(10-8-14)30(27,28)23(20(24)17-11-12-19-22(17)29-19)18(21(25)26)13-15-5-3-2-4-6-15/h2-10,17-19H,11-13H2,1H3,(H,25,26)/t17-,18-,19?,22?/m0/s1. The number of amides is 1. The molecule has 2 heterocycles. The lowest BCUT2D eigenvalue weighted by Crippen LogP contribution is -2.53. The van der Waals surface area contributed by atoms with Crippen LogP contribution in [0.25, 0.3) is 0 Å². The molecule has 9 heteroatoms. The largest absolute Gasteiger partial charge is 0.480 e. The third-order valence-corrected chi connectivity index (χ3v) is 7.22. The second-order valence-electron chi connectivity index (χ2n) is 7.51. The summed E-state index contributed by atoms with van der Waals surface area (Å²) in [6.07, 6.45) is 0.691. The molecular formula is C21H22N2O6S. The summed E-state index contributed by atoms with van der Waals surface area (Å²) in [6.45, 7) is 1.81. The summed E-state index contributed by atoms with van der Waals surface area (Å²) in [5, 5.41) is 11.4. The van der Waals surface area contributed by atoms with E-state index in [0.717, 1.165) is 5.56 Å². The lowest BCUT2D eigenvalue weighted by Gasteiger charge is -2.30. The molecule has 0 bridgehead atoms. The summed E-state index contributed by atoms with van der Waals surface area (Å²) in [6, 6.07) is 12.3. The van der Waals surface area contributed by atoms with Crippen LogP contribution in [0.1, 0.15) is 24.0 Å². The number of aliphatic carboxylic acids is 1. The number of carbonyl (C=O) groups is 2. The molecule has 2 aliphatic heterocycles. The van der Waals surface area contributed by atoms with Crippen molar-refractivity contribution in [3.63, 3.8) is 0 Å². The highest BCUT2D eigenvalue weighted by molar-refractivity contribution is 7.89. The predicted molar refractivity (Wildman–Crippen MR) is 107 cm³/mol. The maximum absolute atomic E-state index is 13.5. The number of rotatable bonds is 7. The van der Waals surface area contributed by atoms with Crippen LogP contribution in [0.5, 0.6) is 0 Å². The maximum atomic E-state index is 13.5. The molecule has 30 heavy (non-hydrogen) atoms. The van der Waals surface area contributed by atoms with E-state index < -0.39 is 34.0 Å². The molecule has 2 aromatic carbocycles. The molecule has 2 fully saturated rings. The van der Waals surface area contributed by atoms with Crippen molar-refractivity contribution in [1.82, 2.24) is 9.37 Å². The molecule has 2 aromatic rings. The van der Waals surface area contributed by atoms with E-state index in [1.165, 1.54) is 17.2 Å². The van der Waals surface area contributed by atoms with E-state index in [-0.39, 0.29) is 17.5 Å². The smallest absolute Gasteiger partial charge is 0.328 e. The summed E-state index contributed by atoms with van der Waals surface area (Å²) in [7, 11) is -4.40. The summed E-state index contributed by atoms with van der Waals surface area (Å²) in [4.78, 5) is 30.7. The Morgan fingerprint density at radius 2 is 1.80 bits per heavy atom. The zero-order valence-corrected chi connectivity index (χ0v) is 17.2. The van der Waals surface area contributed by atoms with Gasteiger partial charge in [-0.3, -0.25) is 9.63 Å². The van der Waals surface area contributed by atoms with Crippen molar-refractivity contribution in [1.29, 1.82) is 0 Å². The van der Waals surface area contributed by atoms with Gasteiger partial charge in [0.25, 0.3) is 15.9 Å². The highest BCUT2D eigenvalue weighted by Crippen LogP contribution is 2.39. The summed E-state index contributed by atoms with van der Waals surface area (Å²) in [5.41, 5.74) is 1.47. The van der Waals surface area contributed by atoms with Gasteiger partial charge in [0.2, 0.25) is 0 Å². The van der Waals surface area contributed by atoms with Gasteiger partial charge in [-0.05, 0) is 37.5 Å². The van der Waals surface area contributed by atoms with Gasteiger partial charge < -0.3 is 5.11 Å². The van der Waals surface area contributed by atoms with Crippen LogP contribution in [0, 0.1) is 6.92 Å². The highest BCUT2D eigenvalue weighted by Gasteiger charge is 2.55. The number of hydrogen-bond acceptors (Lipinski definition) is 6. The van der Waals surface area contributed by atoms with Gasteiger partial charge in [-0.2, -0.15) is 0 Å². The van der Waals surface area contributed by atoms with Gasteiger partial charge in [0, 0.05) is 6.42 Å². The van der Waals surface area contributed by atoms with E-state index in [9.17, 15) is 23.1 Å². The number of carbonyl (C=O) groups excluding carboxylic acids is 1. The Kier molecular flexibility index (Phi) is 5.35. The number of sulfonamides is 1. The third kappa shape index (κ3) is 3.83. The highest BCUT2D eigenvalue weighted by atomic mass is 32.2. The molecule has 158 valence electrons. The van der Waals surface area contributed by atoms with Gasteiger partial charge in [-0.15, -0.1) is 5.06 Å². The first-order chi connectivity index (χ1) is 14.3. The molecule has 8 nitrogen and oxygen atoms in total. The summed E-state index contributed by atoms with van der Waals surface area (Å²) in [5.74, 6) is -2.16. The fourth-order valence-corrected chi connectivity index (χ4v) is 5.31. The minimum atomic E-state index is -4.40. The molecule has 2 aliphatic rings. The van der Waals surface area contributed by atoms with E-state index in [0.29, 0.717) is 22.7 Å². The monoisotopic (exact) mass is 430 g/mol. The van der Waals surface area contributed by atoms with Gasteiger partial charge in [-0.1, -0.05) is 48.0 Å². The van der Waals surface area contributed by atoms with Crippen LogP contribution >= 0.6 is 0 Å². The molecule has 1 amide bonds. The molecule has 0 spiro atoms. The van der Waals surface area contributed by atoms with Crippen molar-refractivity contribution in [2.24, 2.45) is 0 Å². The van der Waals surface area contributed by atoms with Crippen molar-refractivity contribution in [3.8, 4) is 0 Å². The zero-order valence-electron chi connectivity index (χ0n) is 16.3. The molecule has 0 radical (unpaired) electrons. The zero-order chi connectivity index (χ0) is 21.5. The number of hydrogen-bond donors (Lipinski definition) is 1. The van der Waals surface area contributed by atoms with Gasteiger partial charge >= 0.3 is 5.97 Å². The van der Waals surface area contributed by atoms with E-state index in [1.807, 2.05) is 6.92 Å². The molecule has 4 rings (SSSR count). The topological polar surface area (TPSA) is 107 Å². The Hall–Kier alpha value is -2.75. The Balaban J connectivity index is 1.76. The molecule has 0 aliphatic carbocycles. The lowest BCUT2D eigenvalue weighted by molar-refractivity contribution is -0.148. The van der Waals surface area contributed by atoms with Crippen molar-refractivity contribution in [3.05, 3.63) is 65.7 Å². The minimum absolute atomic E-state index is 0.123. The number of nitrogens with zero attached hydrogens (tertiary/aromatic N) is 2. The van der Waals surface area contributed by atoms with Gasteiger partial charge in [0.05, 0.1) is 4.90 Å². The van der Waals surface area contributed by atoms with Crippen LogP contribution in [0.3, 0.4) is 0 Å². The Labute approximate surface area is 174 Å². The Morgan fingerprint density at radius 3 is 2.33 bits per heavy atom. The van der Waals surface area contributed by atoms with Crippen LogP contribution in [0.4, 0.5) is 0 Å². The number of aryl methyl sites for hydroxylation is 1. The number of hydroxylamine groups is 2. The van der Waals surface area contributed by atoms with Gasteiger partial charge in [0.15, 0.2) is 6.23 Å². The van der Waals surface area contributed by atoms with E-state index >= 15 is 0 Å². The van der Waals surface area contributed by atoms with Gasteiger partial charge in [-0.25, -0.2) is 17.5 Å². The van der Waals surface area contributed by atoms with Crippen molar-refractivity contribution < 1.29 is 28.0 Å². The maximum Gasteiger partial charge on any atom is 0.328 e. The quantitative estimate of drug-likeness (QED) is 0.669. The number of carboxylic acid groups (broad SMARTS) is 1. The molecule has 0 aromatic heterocycles. The first-order valence-electron chi connectivity index (χ1n) is 9.66. The second kappa shape index (κ2) is 7.82. The fraction of sp³-hybridized carbons (Fsp3) is 0.333.